The molecule has 0 amide bonds. The molecule has 80 valence electrons. The van der Waals surface area contributed by atoms with Crippen LogP contribution >= 0.6 is 9.42 Å². The van der Waals surface area contributed by atoms with Crippen molar-refractivity contribution < 1.29 is 23.6 Å². The van der Waals surface area contributed by atoms with E-state index in [2.05, 4.69) is 9.42 Å². The van der Waals surface area contributed by atoms with Gasteiger partial charge in [0, 0.05) is 0 Å². The first kappa shape index (κ1) is 18.8. The molecule has 0 aromatic carbocycles. The molecular formula is C7H13ClN3OPt-. The van der Waals surface area contributed by atoms with Gasteiger partial charge in [0.15, 0.2) is 0 Å². The largest absolute Gasteiger partial charge is 0.677 e. The van der Waals surface area contributed by atoms with Gasteiger partial charge in [-0.2, -0.15) is 18.4 Å². The average molecular weight is 386 g/mol. The fourth-order valence-electron chi connectivity index (χ4n) is 0.200. The molecular weight excluding hydrogens is 373 g/mol. The van der Waals surface area contributed by atoms with Crippen LogP contribution in [0.25, 0.3) is 11.5 Å². The number of carbonyl (C=O) groups excluding carboxylic acids is 1. The van der Waals surface area contributed by atoms with Gasteiger partial charge in [-0.25, -0.2) is 0 Å². The van der Waals surface area contributed by atoms with Crippen LogP contribution in [0.1, 0.15) is 19.8 Å². The normalized spacial score (nSPS) is 6.85. The van der Waals surface area contributed by atoms with Crippen LogP contribution in [-0.4, -0.2) is 18.9 Å². The summed E-state index contributed by atoms with van der Waals surface area (Å²) in [4.78, 5) is 9.82. The molecule has 0 spiro atoms. The fraction of sp³-hybridized carbons (Fsp3) is 0.714. The van der Waals surface area contributed by atoms with E-state index in [1.807, 2.05) is 0 Å². The molecule has 0 aliphatic rings. The average Bonchev–Trinajstić information content (AvgIpc) is 2.10. The van der Waals surface area contributed by atoms with Crippen LogP contribution in [0.3, 0.4) is 0 Å². The maximum atomic E-state index is 9.82. The molecule has 0 unspecified atom stereocenters. The van der Waals surface area contributed by atoms with Gasteiger partial charge in [0.25, 0.3) is 0 Å². The Morgan fingerprint density at radius 3 is 1.85 bits per heavy atom. The van der Waals surface area contributed by atoms with Gasteiger partial charge in [-0.05, 0) is 6.92 Å². The molecule has 0 aliphatic heterocycles. The molecule has 0 rings (SSSR count). The minimum atomic E-state index is -0.0718. The summed E-state index contributed by atoms with van der Waals surface area (Å²) in [5, 5.41) is 7.77. The number of Topliss-reactive ketones (excluding diaryl/α,β-unsaturated/α-hetero) is 1. The van der Waals surface area contributed by atoms with Gasteiger partial charge in [0.05, 0.1) is 12.5 Å². The molecule has 4 nitrogen and oxygen atoms in total. The van der Waals surface area contributed by atoms with Gasteiger partial charge in [-0.1, -0.05) is 6.42 Å². The maximum absolute atomic E-state index is 9.82. The predicted molar refractivity (Wildman–Crippen MR) is 49.8 cm³/mol. The zero-order valence-electron chi connectivity index (χ0n) is 7.38. The molecule has 0 saturated heterocycles. The predicted octanol–water partition coefficient (Wildman–Crippen LogP) is 2.66. The Bertz CT molecular complexity index is 136. The third-order valence-corrected chi connectivity index (χ3v) is 0.682. The molecule has 2 N–H and O–H groups in total. The number of nitrogens with one attached hydrogen (secondary N) is 2. The summed E-state index contributed by atoms with van der Waals surface area (Å²) >= 11 is 1.61. The van der Waals surface area contributed by atoms with Gasteiger partial charge in [0.2, 0.25) is 0 Å². The first-order chi connectivity index (χ1) is 6.18. The third kappa shape index (κ3) is 47.7. The molecule has 0 aromatic heterocycles. The molecule has 0 radical (unpaired) electrons. The number of hydrogen-bond acceptors (Lipinski definition) is 2. The zero-order valence-corrected chi connectivity index (χ0v) is 10.4. The number of halogens is 1. The van der Waals surface area contributed by atoms with Crippen molar-refractivity contribution in [1.82, 2.24) is 0 Å². The van der Waals surface area contributed by atoms with E-state index in [1.165, 1.54) is 6.92 Å². The Labute approximate surface area is 94.4 Å². The summed E-state index contributed by atoms with van der Waals surface area (Å²) in [6.07, 6.45) is 0.764. The van der Waals surface area contributed by atoms with Crippen molar-refractivity contribution in [3.8, 4) is 6.07 Å². The van der Waals surface area contributed by atoms with E-state index in [0.29, 0.717) is 13.1 Å². The van der Waals surface area contributed by atoms with Gasteiger partial charge in [-0.3, -0.25) is 4.79 Å². The van der Waals surface area contributed by atoms with E-state index in [1.54, 1.807) is 24.8 Å². The number of ketones is 1. The Morgan fingerprint density at radius 2 is 1.85 bits per heavy atom. The zero-order chi connectivity index (χ0) is 11.1. The van der Waals surface area contributed by atoms with E-state index < -0.39 is 0 Å². The second kappa shape index (κ2) is 22.7. The standard InChI is InChI=1S/C4H5NO.C3H8N2.ClH.Pt/c1-4(6)2-3-5;4-2-1-3-5;;/h2H2,1H3;4-5H,1-3H2;1H;/q;-2;;+2/p-1. The Kier molecular flexibility index (Phi) is 32.8. The number of hydrogen-bond donors (Lipinski definition) is 0. The van der Waals surface area contributed by atoms with E-state index in [-0.39, 0.29) is 12.2 Å². The van der Waals surface area contributed by atoms with Crippen molar-refractivity contribution in [3.63, 3.8) is 0 Å². The number of nitriles is 1. The van der Waals surface area contributed by atoms with Crippen molar-refractivity contribution in [2.45, 2.75) is 19.8 Å². The van der Waals surface area contributed by atoms with Crippen LogP contribution in [0.15, 0.2) is 0 Å². The molecule has 0 heterocycles. The molecule has 0 bridgehead atoms. The van der Waals surface area contributed by atoms with Crippen LogP contribution in [0, 0.1) is 11.3 Å². The molecule has 0 aliphatic carbocycles. The summed E-state index contributed by atoms with van der Waals surface area (Å²) in [6, 6.07) is 1.72. The van der Waals surface area contributed by atoms with Gasteiger partial charge in [0.1, 0.15) is 5.78 Å². The van der Waals surface area contributed by atoms with Gasteiger partial charge < -0.3 is 11.5 Å². The topological polar surface area (TPSA) is 88.5 Å². The van der Waals surface area contributed by atoms with Crippen molar-refractivity contribution in [2.24, 2.45) is 0 Å². The second-order valence-corrected chi connectivity index (χ2v) is 1.89. The Hall–Kier alpha value is 0.0583. The molecule has 0 fully saturated rings. The minimum Gasteiger partial charge on any atom is -0.677 e. The van der Waals surface area contributed by atoms with E-state index >= 15 is 0 Å². The molecule has 6 heteroatoms. The van der Waals surface area contributed by atoms with E-state index in [0.717, 1.165) is 6.42 Å². The Morgan fingerprint density at radius 1 is 1.46 bits per heavy atom. The van der Waals surface area contributed by atoms with Gasteiger partial charge >= 0.3 is 28.2 Å². The van der Waals surface area contributed by atoms with E-state index in [4.69, 9.17) is 16.7 Å². The van der Waals surface area contributed by atoms with Crippen LogP contribution < -0.4 is 0 Å². The number of carbonyl (C=O) groups is 1. The van der Waals surface area contributed by atoms with Crippen LogP contribution in [0.4, 0.5) is 0 Å². The first-order valence-corrected chi connectivity index (χ1v) is 6.28. The summed E-state index contributed by atoms with van der Waals surface area (Å²) in [7, 11) is 4.61. The number of nitrogens with zero attached hydrogens (tertiary/aromatic N) is 1. The van der Waals surface area contributed by atoms with Crippen LogP contribution in [0.5, 0.6) is 0 Å². The smallest absolute Gasteiger partial charge is 0.0916 e. The summed E-state index contributed by atoms with van der Waals surface area (Å²) in [5.41, 5.74) is 13.0. The van der Waals surface area contributed by atoms with Gasteiger partial charge in [-0.15, -0.1) is 0 Å². The first-order valence-electron chi connectivity index (χ1n) is 3.46. The Balaban J connectivity index is -0.000000131. The molecule has 0 aromatic rings. The third-order valence-electron chi connectivity index (χ3n) is 0.682. The van der Waals surface area contributed by atoms with Crippen molar-refractivity contribution in [3.05, 3.63) is 11.5 Å². The summed E-state index contributed by atoms with van der Waals surface area (Å²) in [5.74, 6) is -0.0718. The van der Waals surface area contributed by atoms with Crippen LogP contribution in [-0.2, 0) is 23.6 Å². The quantitative estimate of drug-likeness (QED) is 0.747. The summed E-state index contributed by atoms with van der Waals surface area (Å²) < 4.78 is 0. The van der Waals surface area contributed by atoms with E-state index in [9.17, 15) is 4.79 Å². The fourth-order valence-corrected chi connectivity index (χ4v) is 0.200. The molecule has 13 heavy (non-hydrogen) atoms. The summed E-state index contributed by atoms with van der Waals surface area (Å²) in [6.45, 7) is 2.20. The molecule has 0 atom stereocenters. The number of rotatable bonds is 3. The SMILES string of the molecule is CC(=O)CC#N.[Cl][Pt+].[NH-]CCC[NH-]. The van der Waals surface area contributed by atoms with Crippen molar-refractivity contribution >= 4 is 15.2 Å². The second-order valence-electron chi connectivity index (χ2n) is 1.89. The van der Waals surface area contributed by atoms with Crippen molar-refractivity contribution in [1.29, 1.82) is 5.26 Å². The maximum Gasteiger partial charge on any atom is -0.0916 e. The van der Waals surface area contributed by atoms with Crippen molar-refractivity contribution in [2.75, 3.05) is 13.1 Å². The molecule has 0 saturated carbocycles. The minimum absolute atomic E-state index is 0.0417. The van der Waals surface area contributed by atoms with Crippen LogP contribution in [0.2, 0.25) is 0 Å². The monoisotopic (exact) mass is 385 g/mol.